The Kier molecular flexibility index (Phi) is 3.84. The van der Waals surface area contributed by atoms with Gasteiger partial charge in [0, 0.05) is 13.1 Å². The minimum atomic E-state index is 0.235. The van der Waals surface area contributed by atoms with Crippen molar-refractivity contribution in [3.05, 3.63) is 35.9 Å². The molecule has 2 N–H and O–H groups in total. The first-order chi connectivity index (χ1) is 10.1. The third kappa shape index (κ3) is 2.88. The summed E-state index contributed by atoms with van der Waals surface area (Å²) in [5, 5.41) is 4.55. The van der Waals surface area contributed by atoms with Gasteiger partial charge in [0.05, 0.1) is 11.3 Å². The number of aromatic nitrogens is 2. The first-order valence-corrected chi connectivity index (χ1v) is 7.41. The van der Waals surface area contributed by atoms with Crippen LogP contribution in [0.4, 0.5) is 5.82 Å². The number of anilines is 1. The first kappa shape index (κ1) is 13.9. The van der Waals surface area contributed by atoms with Crippen LogP contribution in [0.15, 0.2) is 30.3 Å². The smallest absolute Gasteiger partial charge is 0.238 e. The number of likely N-dealkylation sites (tertiary alicyclic amines) is 1. The van der Waals surface area contributed by atoms with E-state index in [1.54, 1.807) is 4.68 Å². The lowest BCUT2D eigenvalue weighted by Crippen LogP contribution is -2.35. The van der Waals surface area contributed by atoms with E-state index in [1.165, 1.54) is 0 Å². The average Bonchev–Trinajstić information content (AvgIpc) is 2.79. The van der Waals surface area contributed by atoms with Crippen LogP contribution in [0.2, 0.25) is 0 Å². The number of para-hydroxylation sites is 1. The third-order valence-electron chi connectivity index (χ3n) is 4.07. The number of rotatable bonds is 3. The minimum Gasteiger partial charge on any atom is -0.473 e. The summed E-state index contributed by atoms with van der Waals surface area (Å²) < 4.78 is 7.83. The fourth-order valence-corrected chi connectivity index (χ4v) is 2.63. The Hall–Kier alpha value is -2.01. The molecule has 1 aromatic carbocycles. The van der Waals surface area contributed by atoms with Crippen LogP contribution in [0.5, 0.6) is 5.88 Å². The van der Waals surface area contributed by atoms with E-state index in [9.17, 15) is 0 Å². The van der Waals surface area contributed by atoms with Gasteiger partial charge >= 0.3 is 0 Å². The summed E-state index contributed by atoms with van der Waals surface area (Å²) in [5.74, 6) is 1.30. The van der Waals surface area contributed by atoms with Crippen molar-refractivity contribution in [1.82, 2.24) is 14.7 Å². The maximum Gasteiger partial charge on any atom is 0.238 e. The molecule has 0 atom stereocenters. The molecule has 1 aliphatic rings. The summed E-state index contributed by atoms with van der Waals surface area (Å²) in [7, 11) is 2.14. The van der Waals surface area contributed by atoms with Gasteiger partial charge in [0.25, 0.3) is 0 Å². The van der Waals surface area contributed by atoms with E-state index in [4.69, 9.17) is 10.5 Å². The quantitative estimate of drug-likeness (QED) is 0.940. The second-order valence-corrected chi connectivity index (χ2v) is 5.68. The highest BCUT2D eigenvalue weighted by Gasteiger charge is 2.22. The van der Waals surface area contributed by atoms with Crippen molar-refractivity contribution in [1.29, 1.82) is 0 Å². The van der Waals surface area contributed by atoms with Crippen LogP contribution >= 0.6 is 0 Å². The number of benzene rings is 1. The van der Waals surface area contributed by atoms with E-state index < -0.39 is 0 Å². The molecule has 2 heterocycles. The van der Waals surface area contributed by atoms with Crippen molar-refractivity contribution < 1.29 is 4.74 Å². The van der Waals surface area contributed by atoms with Gasteiger partial charge in [-0.05, 0) is 38.9 Å². The highest BCUT2D eigenvalue weighted by molar-refractivity contribution is 5.51. The molecule has 3 rings (SSSR count). The molecule has 1 fully saturated rings. The first-order valence-electron chi connectivity index (χ1n) is 7.41. The Morgan fingerprint density at radius 3 is 2.52 bits per heavy atom. The van der Waals surface area contributed by atoms with Crippen molar-refractivity contribution in [3.8, 4) is 11.6 Å². The molecule has 0 saturated carbocycles. The Balaban J connectivity index is 1.81. The van der Waals surface area contributed by atoms with E-state index in [1.807, 2.05) is 37.3 Å². The molecule has 0 spiro atoms. The lowest BCUT2D eigenvalue weighted by atomic mass is 10.1. The number of ether oxygens (including phenoxy) is 1. The third-order valence-corrected chi connectivity index (χ3v) is 4.07. The topological polar surface area (TPSA) is 56.3 Å². The lowest BCUT2D eigenvalue weighted by molar-refractivity contribution is 0.109. The van der Waals surface area contributed by atoms with Gasteiger partial charge in [-0.1, -0.05) is 18.2 Å². The lowest BCUT2D eigenvalue weighted by Gasteiger charge is -2.28. The molecule has 0 unspecified atom stereocenters. The summed E-state index contributed by atoms with van der Waals surface area (Å²) in [6.45, 7) is 4.10. The van der Waals surface area contributed by atoms with Crippen LogP contribution in [0.3, 0.4) is 0 Å². The number of nitrogens with two attached hydrogens (primary N) is 1. The maximum absolute atomic E-state index is 6.17. The summed E-state index contributed by atoms with van der Waals surface area (Å²) in [4.78, 5) is 2.32. The molecule has 1 aromatic heterocycles. The van der Waals surface area contributed by atoms with Crippen LogP contribution < -0.4 is 10.5 Å². The zero-order chi connectivity index (χ0) is 14.8. The van der Waals surface area contributed by atoms with Crippen LogP contribution in [-0.2, 0) is 0 Å². The number of hydrogen-bond donors (Lipinski definition) is 1. The molecular weight excluding hydrogens is 264 g/mol. The zero-order valence-corrected chi connectivity index (χ0v) is 12.6. The van der Waals surface area contributed by atoms with Crippen molar-refractivity contribution in [2.45, 2.75) is 25.9 Å². The van der Waals surface area contributed by atoms with Gasteiger partial charge in [-0.2, -0.15) is 0 Å². The molecule has 5 heteroatoms. The summed E-state index contributed by atoms with van der Waals surface area (Å²) in [6, 6.07) is 9.91. The molecular formula is C16H22N4O. The van der Waals surface area contributed by atoms with Crippen molar-refractivity contribution in [2.75, 3.05) is 25.9 Å². The van der Waals surface area contributed by atoms with Gasteiger partial charge in [0.1, 0.15) is 11.9 Å². The zero-order valence-electron chi connectivity index (χ0n) is 12.6. The van der Waals surface area contributed by atoms with Gasteiger partial charge < -0.3 is 15.4 Å². The molecule has 21 heavy (non-hydrogen) atoms. The molecule has 0 radical (unpaired) electrons. The van der Waals surface area contributed by atoms with Gasteiger partial charge in [-0.3, -0.25) is 0 Å². The van der Waals surface area contributed by atoms with E-state index >= 15 is 0 Å². The Bertz CT molecular complexity index is 600. The largest absolute Gasteiger partial charge is 0.473 e. The SMILES string of the molecule is Cc1c(OC2CCN(C)CC2)nn(-c2ccccc2)c1N. The predicted molar refractivity (Wildman–Crippen MR) is 83.9 cm³/mol. The van der Waals surface area contributed by atoms with Gasteiger partial charge in [0.2, 0.25) is 5.88 Å². The molecule has 112 valence electrons. The van der Waals surface area contributed by atoms with E-state index in [0.717, 1.165) is 37.2 Å². The Labute approximate surface area is 125 Å². The van der Waals surface area contributed by atoms with Crippen LogP contribution in [0.1, 0.15) is 18.4 Å². The molecule has 1 saturated heterocycles. The Morgan fingerprint density at radius 2 is 1.86 bits per heavy atom. The van der Waals surface area contributed by atoms with Crippen molar-refractivity contribution in [2.24, 2.45) is 0 Å². The molecule has 0 aliphatic carbocycles. The average molecular weight is 286 g/mol. The van der Waals surface area contributed by atoms with Crippen molar-refractivity contribution in [3.63, 3.8) is 0 Å². The normalized spacial score (nSPS) is 17.0. The number of nitrogen functional groups attached to an aromatic ring is 1. The maximum atomic E-state index is 6.17. The highest BCUT2D eigenvalue weighted by atomic mass is 16.5. The van der Waals surface area contributed by atoms with E-state index in [2.05, 4.69) is 17.0 Å². The number of nitrogens with zero attached hydrogens (tertiary/aromatic N) is 3. The monoisotopic (exact) mass is 286 g/mol. The van der Waals surface area contributed by atoms with E-state index in [-0.39, 0.29) is 6.10 Å². The molecule has 5 nitrogen and oxygen atoms in total. The van der Waals surface area contributed by atoms with Crippen molar-refractivity contribution >= 4 is 5.82 Å². The molecule has 1 aliphatic heterocycles. The fourth-order valence-electron chi connectivity index (χ4n) is 2.63. The van der Waals surface area contributed by atoms with Crippen LogP contribution in [-0.4, -0.2) is 40.9 Å². The molecule has 0 bridgehead atoms. The summed E-state index contributed by atoms with van der Waals surface area (Å²) >= 11 is 0. The highest BCUT2D eigenvalue weighted by Crippen LogP contribution is 2.27. The number of hydrogen-bond acceptors (Lipinski definition) is 4. The standard InChI is InChI=1S/C16H22N4O/c1-12-15(17)20(13-6-4-3-5-7-13)18-16(12)21-14-8-10-19(2)11-9-14/h3-7,14H,8-11,17H2,1-2H3. The fraction of sp³-hybridized carbons (Fsp3) is 0.438. The molecule has 2 aromatic rings. The second kappa shape index (κ2) is 5.77. The van der Waals surface area contributed by atoms with Gasteiger partial charge in [0.15, 0.2) is 0 Å². The van der Waals surface area contributed by atoms with Gasteiger partial charge in [-0.15, -0.1) is 5.10 Å². The minimum absolute atomic E-state index is 0.235. The van der Waals surface area contributed by atoms with Crippen LogP contribution in [0.25, 0.3) is 5.69 Å². The number of piperidine rings is 1. The van der Waals surface area contributed by atoms with E-state index in [0.29, 0.717) is 11.7 Å². The second-order valence-electron chi connectivity index (χ2n) is 5.68. The predicted octanol–water partition coefficient (Wildman–Crippen LogP) is 2.24. The summed E-state index contributed by atoms with van der Waals surface area (Å²) in [6.07, 6.45) is 2.31. The molecule has 0 amide bonds. The van der Waals surface area contributed by atoms with Gasteiger partial charge in [-0.25, -0.2) is 4.68 Å². The van der Waals surface area contributed by atoms with Crippen LogP contribution in [0, 0.1) is 6.92 Å². The summed E-state index contributed by atoms with van der Waals surface area (Å²) in [5.41, 5.74) is 8.04. The Morgan fingerprint density at radius 1 is 1.19 bits per heavy atom.